The van der Waals surface area contributed by atoms with Gasteiger partial charge in [-0.2, -0.15) is 0 Å². The number of benzene rings is 2. The van der Waals surface area contributed by atoms with Gasteiger partial charge in [-0.3, -0.25) is 0 Å². The van der Waals surface area contributed by atoms with Gasteiger partial charge in [-0.15, -0.1) is 0 Å². The highest BCUT2D eigenvalue weighted by Crippen LogP contribution is 2.53. The van der Waals surface area contributed by atoms with Crippen molar-refractivity contribution < 1.29 is 19.4 Å². The van der Waals surface area contributed by atoms with Crippen molar-refractivity contribution in [3.63, 3.8) is 0 Å². The Balaban J connectivity index is 1.47. The molecule has 1 saturated carbocycles. The predicted molar refractivity (Wildman–Crippen MR) is 101 cm³/mol. The number of carboxylic acid groups (broad SMARTS) is 1. The fourth-order valence-electron chi connectivity index (χ4n) is 3.79. The molecular weight excluding hydrogens is 328 g/mol. The zero-order valence-corrected chi connectivity index (χ0v) is 15.2. The molecule has 2 aromatic rings. The summed E-state index contributed by atoms with van der Waals surface area (Å²) >= 11 is 0. The lowest BCUT2D eigenvalue weighted by Crippen LogP contribution is -2.33. The van der Waals surface area contributed by atoms with Gasteiger partial charge in [0.15, 0.2) is 0 Å². The van der Waals surface area contributed by atoms with E-state index in [0.717, 1.165) is 37.2 Å². The van der Waals surface area contributed by atoms with Crippen LogP contribution in [0, 0.1) is 5.41 Å². The number of carboxylic acids is 1. The van der Waals surface area contributed by atoms with Gasteiger partial charge in [-0.1, -0.05) is 37.3 Å². The second-order valence-electron chi connectivity index (χ2n) is 7.45. The third-order valence-electron chi connectivity index (χ3n) is 5.08. The molecule has 0 bridgehead atoms. The molecule has 0 radical (unpaired) electrons. The fourth-order valence-corrected chi connectivity index (χ4v) is 3.79. The second-order valence-corrected chi connectivity index (χ2v) is 7.45. The molecule has 0 saturated heterocycles. The second kappa shape index (κ2) is 8.37. The molecule has 1 aliphatic carbocycles. The first-order valence-corrected chi connectivity index (χ1v) is 9.16. The number of ether oxygens (including phenoxy) is 2. The fraction of sp³-hybridized carbons (Fsp3) is 0.409. The Bertz CT molecular complexity index is 720. The normalized spacial score (nSPS) is 21.8. The molecule has 0 atom stereocenters. The number of aliphatic carboxylic acids is 1. The van der Waals surface area contributed by atoms with E-state index >= 15 is 0 Å². The Morgan fingerprint density at radius 1 is 1.12 bits per heavy atom. The number of hydrogen-bond donors (Lipinski definition) is 1. The van der Waals surface area contributed by atoms with E-state index in [0.29, 0.717) is 17.9 Å². The van der Waals surface area contributed by atoms with Gasteiger partial charge in [0.05, 0.1) is 0 Å². The summed E-state index contributed by atoms with van der Waals surface area (Å²) < 4.78 is 11.1. The Morgan fingerprint density at radius 2 is 1.85 bits per heavy atom. The van der Waals surface area contributed by atoms with Gasteiger partial charge in [-0.25, -0.2) is 4.79 Å². The van der Waals surface area contributed by atoms with E-state index < -0.39 is 5.97 Å². The molecule has 0 spiro atoms. The quantitative estimate of drug-likeness (QED) is 0.625. The average molecular weight is 354 g/mol. The largest absolute Gasteiger partial charge is 0.480 e. The van der Waals surface area contributed by atoms with E-state index in [4.69, 9.17) is 14.6 Å². The molecule has 4 nitrogen and oxygen atoms in total. The van der Waals surface area contributed by atoms with E-state index in [-0.39, 0.29) is 6.61 Å². The van der Waals surface area contributed by atoms with Crippen molar-refractivity contribution >= 4 is 5.97 Å². The number of hydrogen-bond acceptors (Lipinski definition) is 3. The summed E-state index contributed by atoms with van der Waals surface area (Å²) in [6.07, 6.45) is 4.29. The highest BCUT2D eigenvalue weighted by molar-refractivity contribution is 5.67. The summed E-state index contributed by atoms with van der Waals surface area (Å²) in [5.74, 6) is 1.39. The summed E-state index contributed by atoms with van der Waals surface area (Å²) in [5, 5.41) is 8.57. The van der Waals surface area contributed by atoms with Gasteiger partial charge in [0.2, 0.25) is 0 Å². The summed E-state index contributed by atoms with van der Waals surface area (Å²) in [6, 6.07) is 18.2. The number of para-hydroxylation sites is 1. The summed E-state index contributed by atoms with van der Waals surface area (Å²) in [6.45, 7) is 2.63. The van der Waals surface area contributed by atoms with Gasteiger partial charge in [0.25, 0.3) is 0 Å². The van der Waals surface area contributed by atoms with Crippen LogP contribution < -0.4 is 4.74 Å². The maximum atomic E-state index is 10.4. The Kier molecular flexibility index (Phi) is 5.94. The van der Waals surface area contributed by atoms with Gasteiger partial charge in [0.1, 0.15) is 18.1 Å². The van der Waals surface area contributed by atoms with E-state index in [2.05, 4.69) is 25.1 Å². The van der Waals surface area contributed by atoms with Crippen molar-refractivity contribution in [2.75, 3.05) is 13.2 Å². The smallest absolute Gasteiger partial charge is 0.329 e. The van der Waals surface area contributed by atoms with Gasteiger partial charge in [-0.05, 0) is 66.8 Å². The van der Waals surface area contributed by atoms with Crippen LogP contribution in [0.15, 0.2) is 54.6 Å². The molecule has 26 heavy (non-hydrogen) atoms. The Morgan fingerprint density at radius 3 is 2.58 bits per heavy atom. The predicted octanol–water partition coefficient (Wildman–Crippen LogP) is 5.24. The molecule has 4 heteroatoms. The minimum Gasteiger partial charge on any atom is -0.480 e. The topological polar surface area (TPSA) is 55.8 Å². The summed E-state index contributed by atoms with van der Waals surface area (Å²) in [4.78, 5) is 10.4. The summed E-state index contributed by atoms with van der Waals surface area (Å²) in [5.41, 5.74) is 1.66. The van der Waals surface area contributed by atoms with Crippen LogP contribution in [-0.4, -0.2) is 24.3 Å². The molecule has 0 amide bonds. The van der Waals surface area contributed by atoms with Crippen molar-refractivity contribution in [1.82, 2.24) is 0 Å². The first kappa shape index (κ1) is 18.5. The van der Waals surface area contributed by atoms with E-state index in [1.165, 1.54) is 5.56 Å². The van der Waals surface area contributed by atoms with E-state index in [1.54, 1.807) is 0 Å². The minimum atomic E-state index is -0.905. The van der Waals surface area contributed by atoms with Gasteiger partial charge in [0, 0.05) is 6.61 Å². The monoisotopic (exact) mass is 354 g/mol. The molecule has 1 aliphatic rings. The van der Waals surface area contributed by atoms with Crippen molar-refractivity contribution in [2.24, 2.45) is 5.41 Å². The first-order chi connectivity index (χ1) is 12.5. The highest BCUT2D eigenvalue weighted by Gasteiger charge is 2.40. The molecule has 0 aromatic heterocycles. The van der Waals surface area contributed by atoms with Crippen LogP contribution in [0.25, 0.3) is 0 Å². The average Bonchev–Trinajstić information content (AvgIpc) is 2.60. The van der Waals surface area contributed by atoms with Crippen molar-refractivity contribution in [3.8, 4) is 11.5 Å². The lowest BCUT2D eigenvalue weighted by molar-refractivity contribution is -0.142. The minimum absolute atomic E-state index is 0.201. The van der Waals surface area contributed by atoms with E-state index in [9.17, 15) is 4.79 Å². The maximum Gasteiger partial charge on any atom is 0.329 e. The van der Waals surface area contributed by atoms with Crippen LogP contribution in [0.3, 0.4) is 0 Å². The summed E-state index contributed by atoms with van der Waals surface area (Å²) in [7, 11) is 0. The standard InChI is InChI=1S/C22H26O4/c1-22(11-6-12-25-16-21(23)24)14-18(15-22)17-7-5-10-20(13-17)26-19-8-3-2-4-9-19/h2-5,7-10,13,18H,6,11-12,14-16H2,1H3,(H,23,24)/t18-,22-. The van der Waals surface area contributed by atoms with Crippen molar-refractivity contribution in [2.45, 2.75) is 38.5 Å². The lowest BCUT2D eigenvalue weighted by atomic mass is 9.59. The zero-order chi connectivity index (χ0) is 18.4. The van der Waals surface area contributed by atoms with Crippen LogP contribution >= 0.6 is 0 Å². The molecule has 0 heterocycles. The molecule has 0 aliphatic heterocycles. The van der Waals surface area contributed by atoms with Crippen LogP contribution in [0.1, 0.15) is 44.1 Å². The molecule has 3 rings (SSSR count). The van der Waals surface area contributed by atoms with Crippen LogP contribution in [0.4, 0.5) is 0 Å². The molecule has 1 fully saturated rings. The molecule has 1 N–H and O–H groups in total. The van der Waals surface area contributed by atoms with Crippen LogP contribution in [-0.2, 0) is 9.53 Å². The van der Waals surface area contributed by atoms with Crippen LogP contribution in [0.5, 0.6) is 11.5 Å². The zero-order valence-electron chi connectivity index (χ0n) is 15.2. The molecule has 0 unspecified atom stereocenters. The third kappa shape index (κ3) is 5.09. The third-order valence-corrected chi connectivity index (χ3v) is 5.08. The Hall–Kier alpha value is -2.33. The first-order valence-electron chi connectivity index (χ1n) is 9.16. The van der Waals surface area contributed by atoms with E-state index in [1.807, 2.05) is 36.4 Å². The highest BCUT2D eigenvalue weighted by atomic mass is 16.5. The van der Waals surface area contributed by atoms with Crippen molar-refractivity contribution in [3.05, 3.63) is 60.2 Å². The van der Waals surface area contributed by atoms with Crippen LogP contribution in [0.2, 0.25) is 0 Å². The van der Waals surface area contributed by atoms with Gasteiger partial charge >= 0.3 is 5.97 Å². The Labute approximate surface area is 154 Å². The van der Waals surface area contributed by atoms with Gasteiger partial charge < -0.3 is 14.6 Å². The maximum absolute atomic E-state index is 10.4. The SMILES string of the molecule is C[C@]1(CCCOCC(=O)O)C[C@H](c2cccc(Oc3ccccc3)c2)C1. The number of rotatable bonds is 9. The number of carbonyl (C=O) groups is 1. The molecule has 138 valence electrons. The molecule has 2 aromatic carbocycles. The lowest BCUT2D eigenvalue weighted by Gasteiger charge is -2.46. The molecular formula is C22H26O4. The van der Waals surface area contributed by atoms with Crippen molar-refractivity contribution in [1.29, 1.82) is 0 Å².